The first-order valence-electron chi connectivity index (χ1n) is 10.2. The molecule has 1 aliphatic carbocycles. The molecule has 0 radical (unpaired) electrons. The summed E-state index contributed by atoms with van der Waals surface area (Å²) < 4.78 is 0. The van der Waals surface area contributed by atoms with Crippen molar-refractivity contribution in [2.45, 2.75) is 50.6 Å². The van der Waals surface area contributed by atoms with Crippen LogP contribution >= 0.6 is 0 Å². The predicted octanol–water partition coefficient (Wildman–Crippen LogP) is 5.07. The molecule has 0 aromatic heterocycles. The van der Waals surface area contributed by atoms with Gasteiger partial charge in [-0.3, -0.25) is 0 Å². The van der Waals surface area contributed by atoms with Crippen LogP contribution in [0.5, 0.6) is 0 Å². The number of aryl methyl sites for hydroxylation is 1. The average molecular weight is 351 g/mol. The predicted molar refractivity (Wildman–Crippen MR) is 111 cm³/mol. The van der Waals surface area contributed by atoms with E-state index in [4.69, 9.17) is 0 Å². The molecule has 1 N–H and O–H groups in total. The van der Waals surface area contributed by atoms with Crippen molar-refractivity contribution < 1.29 is 0 Å². The molecule has 0 saturated heterocycles. The minimum absolute atomic E-state index is 0.551. The maximum atomic E-state index is 3.81. The summed E-state index contributed by atoms with van der Waals surface area (Å²) in [6.07, 6.45) is 7.69. The van der Waals surface area contributed by atoms with Gasteiger partial charge in [-0.25, -0.2) is 0 Å². The zero-order valence-electron chi connectivity index (χ0n) is 16.4. The summed E-state index contributed by atoms with van der Waals surface area (Å²) in [5, 5.41) is 3.81. The van der Waals surface area contributed by atoms with E-state index < -0.39 is 0 Å². The van der Waals surface area contributed by atoms with E-state index in [1.165, 1.54) is 49.7 Å². The van der Waals surface area contributed by atoms with Crippen LogP contribution in [0.15, 0.2) is 60.7 Å². The van der Waals surface area contributed by atoms with Crippen molar-refractivity contribution in [1.82, 2.24) is 10.2 Å². The van der Waals surface area contributed by atoms with Crippen molar-refractivity contribution in [3.05, 3.63) is 71.8 Å². The Hall–Kier alpha value is -1.64. The van der Waals surface area contributed by atoms with Crippen LogP contribution in [0, 0.1) is 5.92 Å². The number of hydrogen-bond donors (Lipinski definition) is 1. The standard InChI is InChI=1S/C24H34N2/c1-26(2)24(21-13-7-4-8-14-21)22-15-17-23(18-16-22)25-19-9-12-20-10-5-3-6-11-20/h3-8,10-11,13-14,22-25H,9,12,15-19H2,1-2H3. The number of nitrogens with zero attached hydrogens (tertiary/aromatic N) is 1. The van der Waals surface area contributed by atoms with Crippen LogP contribution in [-0.2, 0) is 6.42 Å². The molecule has 1 fully saturated rings. The van der Waals surface area contributed by atoms with E-state index in [0.717, 1.165) is 12.5 Å². The monoisotopic (exact) mass is 350 g/mol. The van der Waals surface area contributed by atoms with Crippen molar-refractivity contribution in [1.29, 1.82) is 0 Å². The Bertz CT molecular complexity index is 615. The normalized spacial score (nSPS) is 21.7. The Morgan fingerprint density at radius 2 is 1.50 bits per heavy atom. The molecular formula is C24H34N2. The van der Waals surface area contributed by atoms with Crippen LogP contribution in [0.4, 0.5) is 0 Å². The van der Waals surface area contributed by atoms with Gasteiger partial charge in [0.15, 0.2) is 0 Å². The molecule has 0 heterocycles. The largest absolute Gasteiger partial charge is 0.314 e. The van der Waals surface area contributed by atoms with Gasteiger partial charge in [0.05, 0.1) is 0 Å². The van der Waals surface area contributed by atoms with Gasteiger partial charge in [-0.15, -0.1) is 0 Å². The van der Waals surface area contributed by atoms with E-state index in [1.54, 1.807) is 0 Å². The second kappa shape index (κ2) is 9.89. The van der Waals surface area contributed by atoms with Crippen molar-refractivity contribution in [2.24, 2.45) is 5.92 Å². The van der Waals surface area contributed by atoms with E-state index in [-0.39, 0.29) is 0 Å². The molecule has 2 aromatic rings. The van der Waals surface area contributed by atoms with Crippen molar-refractivity contribution in [3.8, 4) is 0 Å². The Kier molecular flexibility index (Phi) is 7.28. The second-order valence-corrected chi connectivity index (χ2v) is 7.97. The molecule has 140 valence electrons. The summed E-state index contributed by atoms with van der Waals surface area (Å²) in [6, 6.07) is 23.1. The number of rotatable bonds is 8. The average Bonchev–Trinajstić information content (AvgIpc) is 2.68. The molecule has 0 amide bonds. The van der Waals surface area contributed by atoms with Crippen LogP contribution < -0.4 is 5.32 Å². The zero-order valence-corrected chi connectivity index (χ0v) is 16.4. The molecule has 2 heteroatoms. The highest BCUT2D eigenvalue weighted by Gasteiger charge is 2.29. The van der Waals surface area contributed by atoms with Crippen LogP contribution in [0.3, 0.4) is 0 Å². The van der Waals surface area contributed by atoms with Crippen LogP contribution in [0.2, 0.25) is 0 Å². The first-order valence-corrected chi connectivity index (χ1v) is 10.2. The molecular weight excluding hydrogens is 316 g/mol. The fourth-order valence-corrected chi connectivity index (χ4v) is 4.52. The molecule has 1 atom stereocenters. The Labute approximate surface area is 159 Å². The molecule has 3 rings (SSSR count). The van der Waals surface area contributed by atoms with E-state index >= 15 is 0 Å². The Morgan fingerprint density at radius 1 is 0.885 bits per heavy atom. The van der Waals surface area contributed by atoms with Crippen LogP contribution in [-0.4, -0.2) is 31.6 Å². The fourth-order valence-electron chi connectivity index (χ4n) is 4.52. The molecule has 2 aromatic carbocycles. The minimum Gasteiger partial charge on any atom is -0.314 e. The highest BCUT2D eigenvalue weighted by molar-refractivity contribution is 5.20. The molecule has 26 heavy (non-hydrogen) atoms. The zero-order chi connectivity index (χ0) is 18.2. The molecule has 0 bridgehead atoms. The summed E-state index contributed by atoms with van der Waals surface area (Å²) in [4.78, 5) is 2.41. The number of benzene rings is 2. The number of nitrogens with one attached hydrogen (secondary N) is 1. The lowest BCUT2D eigenvalue weighted by Gasteiger charge is -2.38. The van der Waals surface area contributed by atoms with Gasteiger partial charge in [-0.1, -0.05) is 60.7 Å². The first-order chi connectivity index (χ1) is 12.7. The summed E-state index contributed by atoms with van der Waals surface area (Å²) in [5.74, 6) is 0.773. The van der Waals surface area contributed by atoms with Crippen LogP contribution in [0.25, 0.3) is 0 Å². The van der Waals surface area contributed by atoms with Crippen molar-refractivity contribution in [3.63, 3.8) is 0 Å². The third kappa shape index (κ3) is 5.43. The van der Waals surface area contributed by atoms with Gasteiger partial charge in [-0.2, -0.15) is 0 Å². The van der Waals surface area contributed by atoms with Gasteiger partial charge in [0.25, 0.3) is 0 Å². The highest BCUT2D eigenvalue weighted by Crippen LogP contribution is 2.37. The Morgan fingerprint density at radius 3 is 2.12 bits per heavy atom. The number of hydrogen-bond acceptors (Lipinski definition) is 2. The lowest BCUT2D eigenvalue weighted by atomic mass is 9.78. The summed E-state index contributed by atoms with van der Waals surface area (Å²) in [6.45, 7) is 1.14. The van der Waals surface area contributed by atoms with Crippen molar-refractivity contribution in [2.75, 3.05) is 20.6 Å². The van der Waals surface area contributed by atoms with Gasteiger partial charge in [0.1, 0.15) is 0 Å². The van der Waals surface area contributed by atoms with Gasteiger partial charge < -0.3 is 10.2 Å². The topological polar surface area (TPSA) is 15.3 Å². The SMILES string of the molecule is CN(C)C(c1ccccc1)C1CCC(NCCCc2ccccc2)CC1. The smallest absolute Gasteiger partial charge is 0.0370 e. The lowest BCUT2D eigenvalue weighted by Crippen LogP contribution is -2.37. The second-order valence-electron chi connectivity index (χ2n) is 7.97. The van der Waals surface area contributed by atoms with Crippen molar-refractivity contribution >= 4 is 0 Å². The molecule has 1 aliphatic rings. The van der Waals surface area contributed by atoms with Gasteiger partial charge in [0, 0.05) is 12.1 Å². The van der Waals surface area contributed by atoms with E-state index in [2.05, 4.69) is 85.0 Å². The first kappa shape index (κ1) is 19.1. The third-order valence-corrected chi connectivity index (χ3v) is 5.83. The van der Waals surface area contributed by atoms with Gasteiger partial charge in [-0.05, 0) is 76.2 Å². The van der Waals surface area contributed by atoms with Crippen LogP contribution in [0.1, 0.15) is 49.3 Å². The van der Waals surface area contributed by atoms with Gasteiger partial charge >= 0.3 is 0 Å². The fraction of sp³-hybridized carbons (Fsp3) is 0.500. The molecule has 0 spiro atoms. The van der Waals surface area contributed by atoms with Gasteiger partial charge in [0.2, 0.25) is 0 Å². The highest BCUT2D eigenvalue weighted by atomic mass is 15.1. The Balaban J connectivity index is 1.42. The van der Waals surface area contributed by atoms with E-state index in [1.807, 2.05) is 0 Å². The molecule has 1 saturated carbocycles. The third-order valence-electron chi connectivity index (χ3n) is 5.83. The minimum atomic E-state index is 0.551. The summed E-state index contributed by atoms with van der Waals surface area (Å²) in [7, 11) is 4.46. The molecule has 0 aliphatic heterocycles. The maximum absolute atomic E-state index is 3.81. The van der Waals surface area contributed by atoms with E-state index in [0.29, 0.717) is 12.1 Å². The maximum Gasteiger partial charge on any atom is 0.0370 e. The molecule has 1 unspecified atom stereocenters. The molecule has 2 nitrogen and oxygen atoms in total. The van der Waals surface area contributed by atoms with E-state index in [9.17, 15) is 0 Å². The lowest BCUT2D eigenvalue weighted by molar-refractivity contribution is 0.157. The quantitative estimate of drug-likeness (QED) is 0.669. The summed E-state index contributed by atoms with van der Waals surface area (Å²) >= 11 is 0. The summed E-state index contributed by atoms with van der Waals surface area (Å²) in [5.41, 5.74) is 2.92.